The highest BCUT2D eigenvalue weighted by atomic mass is 19.1. The Bertz CT molecular complexity index is 1330. The zero-order chi connectivity index (χ0) is 22.0. The van der Waals surface area contributed by atoms with Crippen LogP contribution in [0.15, 0.2) is 41.5 Å². The minimum atomic E-state index is -0.638. The van der Waals surface area contributed by atoms with Gasteiger partial charge in [-0.05, 0) is 24.6 Å². The van der Waals surface area contributed by atoms with Gasteiger partial charge in [0.1, 0.15) is 17.2 Å². The van der Waals surface area contributed by atoms with Gasteiger partial charge in [0.15, 0.2) is 0 Å². The van der Waals surface area contributed by atoms with Crippen LogP contribution in [-0.2, 0) is 7.05 Å². The van der Waals surface area contributed by atoms with E-state index >= 15 is 0 Å². The van der Waals surface area contributed by atoms with Crippen LogP contribution in [0.1, 0.15) is 26.2 Å². The van der Waals surface area contributed by atoms with Crippen LogP contribution in [0.2, 0.25) is 0 Å². The molecule has 3 N–H and O–H groups in total. The number of aromatic nitrogens is 4. The van der Waals surface area contributed by atoms with Crippen molar-refractivity contribution in [3.05, 3.63) is 52.8 Å². The van der Waals surface area contributed by atoms with Gasteiger partial charge in [-0.25, -0.2) is 19.2 Å². The summed E-state index contributed by atoms with van der Waals surface area (Å²) in [5.41, 5.74) is 1.68. The van der Waals surface area contributed by atoms with E-state index < -0.39 is 17.4 Å². The van der Waals surface area contributed by atoms with Gasteiger partial charge >= 0.3 is 6.03 Å². The Morgan fingerprint density at radius 1 is 1.29 bits per heavy atom. The van der Waals surface area contributed by atoms with Gasteiger partial charge in [0.05, 0.1) is 16.7 Å². The molecule has 4 rings (SSSR count). The van der Waals surface area contributed by atoms with E-state index in [1.54, 1.807) is 18.5 Å². The zero-order valence-corrected chi connectivity index (χ0v) is 17.3. The quantitative estimate of drug-likeness (QED) is 0.410. The van der Waals surface area contributed by atoms with Crippen LogP contribution in [-0.4, -0.2) is 32.1 Å². The maximum absolute atomic E-state index is 14.6. The molecule has 0 aliphatic heterocycles. The van der Waals surface area contributed by atoms with Crippen molar-refractivity contribution in [2.45, 2.75) is 26.2 Å². The molecule has 0 radical (unpaired) electrons. The van der Waals surface area contributed by atoms with Gasteiger partial charge in [0, 0.05) is 43.0 Å². The Morgan fingerprint density at radius 3 is 2.94 bits per heavy atom. The first kappa shape index (κ1) is 20.5. The molecule has 0 saturated carbocycles. The average molecular weight is 422 g/mol. The molecule has 0 atom stereocenters. The van der Waals surface area contributed by atoms with Crippen LogP contribution in [0.3, 0.4) is 0 Å². The van der Waals surface area contributed by atoms with Crippen molar-refractivity contribution in [2.75, 3.05) is 11.9 Å². The number of hydrogen-bond donors (Lipinski definition) is 3. The molecule has 3 aromatic heterocycles. The number of halogens is 1. The Balaban J connectivity index is 1.67. The summed E-state index contributed by atoms with van der Waals surface area (Å²) in [4.78, 5) is 36.3. The number of anilines is 1. The molecule has 2 amide bonds. The first-order chi connectivity index (χ1) is 15.0. The van der Waals surface area contributed by atoms with Gasteiger partial charge in [-0.2, -0.15) is 0 Å². The van der Waals surface area contributed by atoms with Gasteiger partial charge < -0.3 is 20.2 Å². The maximum atomic E-state index is 14.6. The first-order valence-electron chi connectivity index (χ1n) is 10.2. The van der Waals surface area contributed by atoms with E-state index in [9.17, 15) is 14.0 Å². The van der Waals surface area contributed by atoms with E-state index in [4.69, 9.17) is 0 Å². The second kappa shape index (κ2) is 8.55. The van der Waals surface area contributed by atoms with E-state index in [-0.39, 0.29) is 16.9 Å². The Kier molecular flexibility index (Phi) is 5.66. The second-order valence-electron chi connectivity index (χ2n) is 7.38. The summed E-state index contributed by atoms with van der Waals surface area (Å²) in [7, 11) is 1.83. The third-order valence-corrected chi connectivity index (χ3v) is 5.08. The highest BCUT2D eigenvalue weighted by Crippen LogP contribution is 2.27. The van der Waals surface area contributed by atoms with Crippen molar-refractivity contribution in [2.24, 2.45) is 7.05 Å². The third-order valence-electron chi connectivity index (χ3n) is 5.08. The number of aryl methyl sites for hydroxylation is 1. The minimum absolute atomic E-state index is 0.0277. The van der Waals surface area contributed by atoms with Crippen LogP contribution in [0.25, 0.3) is 33.3 Å². The number of nitrogens with zero attached hydrogens (tertiary/aromatic N) is 3. The second-order valence-corrected chi connectivity index (χ2v) is 7.38. The molecule has 0 aliphatic carbocycles. The molecular weight excluding hydrogens is 399 g/mol. The predicted molar refractivity (Wildman–Crippen MR) is 119 cm³/mol. The molecule has 4 aromatic rings. The normalized spacial score (nSPS) is 11.2. The van der Waals surface area contributed by atoms with Crippen molar-refractivity contribution in [1.29, 1.82) is 0 Å². The Hall–Kier alpha value is -3.75. The molecule has 160 valence electrons. The summed E-state index contributed by atoms with van der Waals surface area (Å²) in [5.74, 6) is -0.638. The van der Waals surface area contributed by atoms with Gasteiger partial charge in [-0.1, -0.05) is 19.8 Å². The molecule has 8 nitrogen and oxygen atoms in total. The number of carbonyl (C=O) groups excluding carboxylic acids is 1. The summed E-state index contributed by atoms with van der Waals surface area (Å²) in [5, 5.41) is 5.95. The number of pyridine rings is 1. The number of carbonyl (C=O) groups is 1. The number of H-pyrrole nitrogens is 1. The molecule has 1 aromatic carbocycles. The van der Waals surface area contributed by atoms with Crippen molar-refractivity contribution in [3.63, 3.8) is 0 Å². The number of aromatic amines is 1. The van der Waals surface area contributed by atoms with Crippen LogP contribution in [0, 0.1) is 5.82 Å². The predicted octanol–water partition coefficient (Wildman–Crippen LogP) is 3.93. The molecule has 0 bridgehead atoms. The topological polar surface area (TPSA) is 105 Å². The van der Waals surface area contributed by atoms with Crippen molar-refractivity contribution < 1.29 is 9.18 Å². The number of hydrogen-bond acceptors (Lipinski definition) is 4. The highest BCUT2D eigenvalue weighted by Gasteiger charge is 2.16. The fraction of sp³-hybridized carbons (Fsp3) is 0.273. The van der Waals surface area contributed by atoms with Crippen LogP contribution in [0.5, 0.6) is 0 Å². The third kappa shape index (κ3) is 4.11. The smallest absolute Gasteiger partial charge is 0.319 e. The van der Waals surface area contributed by atoms with Gasteiger partial charge in [-0.15, -0.1) is 0 Å². The Labute approximate surface area is 177 Å². The van der Waals surface area contributed by atoms with Crippen LogP contribution >= 0.6 is 0 Å². The number of fused-ring (bicyclic) bond motifs is 2. The fourth-order valence-corrected chi connectivity index (χ4v) is 3.53. The van der Waals surface area contributed by atoms with Gasteiger partial charge in [0.2, 0.25) is 0 Å². The number of unbranched alkanes of at least 4 members (excludes halogenated alkanes) is 2. The monoisotopic (exact) mass is 422 g/mol. The average Bonchev–Trinajstić information content (AvgIpc) is 3.08. The van der Waals surface area contributed by atoms with Crippen LogP contribution in [0.4, 0.5) is 14.9 Å². The molecule has 3 heterocycles. The number of benzene rings is 1. The molecule has 0 aliphatic rings. The van der Waals surface area contributed by atoms with E-state index in [1.165, 1.54) is 12.1 Å². The minimum Gasteiger partial charge on any atom is -0.338 e. The number of urea groups is 1. The van der Waals surface area contributed by atoms with E-state index in [2.05, 4.69) is 32.5 Å². The summed E-state index contributed by atoms with van der Waals surface area (Å²) in [6, 6.07) is 5.72. The lowest BCUT2D eigenvalue weighted by Crippen LogP contribution is -2.29. The SMILES string of the molecule is CCCCCNC(=O)Nc1cc2[nH]c(=O)c(-c3cn(C)c4ncccc34)nc2cc1F. The zero-order valence-electron chi connectivity index (χ0n) is 17.3. The lowest BCUT2D eigenvalue weighted by Gasteiger charge is -2.10. The summed E-state index contributed by atoms with van der Waals surface area (Å²) < 4.78 is 16.4. The van der Waals surface area contributed by atoms with Crippen molar-refractivity contribution in [1.82, 2.24) is 24.8 Å². The molecule has 0 fully saturated rings. The van der Waals surface area contributed by atoms with Crippen LogP contribution < -0.4 is 16.2 Å². The standard InChI is InChI=1S/C22H23FN6O2/c1-3-4-5-8-25-22(31)28-16-11-18-17(10-15(16)23)26-19(21(30)27-18)14-12-29(2)20-13(14)7-6-9-24-20/h6-7,9-12H,3-5,8H2,1-2H3,(H,27,30)(H2,25,28,31). The van der Waals surface area contributed by atoms with Gasteiger partial charge in [0.25, 0.3) is 5.56 Å². The maximum Gasteiger partial charge on any atom is 0.319 e. The molecule has 0 spiro atoms. The van der Waals surface area contributed by atoms with E-state index in [0.717, 1.165) is 30.3 Å². The number of rotatable bonds is 6. The molecule has 0 saturated heterocycles. The summed E-state index contributed by atoms with van der Waals surface area (Å²) in [6.07, 6.45) is 6.35. The number of amides is 2. The molecule has 9 heteroatoms. The van der Waals surface area contributed by atoms with Crippen molar-refractivity contribution >= 4 is 33.8 Å². The largest absolute Gasteiger partial charge is 0.338 e. The van der Waals surface area contributed by atoms with E-state index in [0.29, 0.717) is 17.6 Å². The molecule has 31 heavy (non-hydrogen) atoms. The summed E-state index contributed by atoms with van der Waals surface area (Å²) >= 11 is 0. The Morgan fingerprint density at radius 2 is 2.13 bits per heavy atom. The lowest BCUT2D eigenvalue weighted by atomic mass is 10.1. The van der Waals surface area contributed by atoms with Gasteiger partial charge in [-0.3, -0.25) is 4.79 Å². The molecule has 0 unspecified atom stereocenters. The lowest BCUT2D eigenvalue weighted by molar-refractivity contribution is 0.252. The molecular formula is C22H23FN6O2. The van der Waals surface area contributed by atoms with E-state index in [1.807, 2.05) is 17.7 Å². The summed E-state index contributed by atoms with van der Waals surface area (Å²) in [6.45, 7) is 2.58. The fourth-order valence-electron chi connectivity index (χ4n) is 3.53. The highest BCUT2D eigenvalue weighted by molar-refractivity contribution is 5.95. The first-order valence-corrected chi connectivity index (χ1v) is 10.2. The van der Waals surface area contributed by atoms with Crippen molar-refractivity contribution in [3.8, 4) is 11.3 Å². The number of nitrogens with one attached hydrogen (secondary N) is 3.